The summed E-state index contributed by atoms with van der Waals surface area (Å²) in [5.74, 6) is 2.54. The number of nitrogens with zero attached hydrogens (tertiary/aromatic N) is 2. The Balaban J connectivity index is 1.92. The molecule has 4 nitrogen and oxygen atoms in total. The third-order valence-electron chi connectivity index (χ3n) is 3.19. The zero-order valence-corrected chi connectivity index (χ0v) is 12.1. The summed E-state index contributed by atoms with van der Waals surface area (Å²) in [7, 11) is 0. The third-order valence-corrected chi connectivity index (χ3v) is 3.19. The van der Waals surface area contributed by atoms with Gasteiger partial charge in [0.2, 0.25) is 0 Å². The summed E-state index contributed by atoms with van der Waals surface area (Å²) in [6, 6.07) is 1.76. The highest BCUT2D eigenvalue weighted by atomic mass is 19.4. The maximum Gasteiger partial charge on any atom is 0.389 e. The Hall–Kier alpha value is -1.53. The van der Waals surface area contributed by atoms with Gasteiger partial charge in [-0.3, -0.25) is 0 Å². The lowest BCUT2D eigenvalue weighted by Gasteiger charge is -2.11. The summed E-state index contributed by atoms with van der Waals surface area (Å²) >= 11 is 0. The number of halogens is 3. The Morgan fingerprint density at radius 1 is 1.14 bits per heavy atom. The molecule has 21 heavy (non-hydrogen) atoms. The van der Waals surface area contributed by atoms with E-state index in [0.29, 0.717) is 11.7 Å². The highest BCUT2D eigenvalue weighted by Gasteiger charge is 2.28. The van der Waals surface area contributed by atoms with Gasteiger partial charge in [-0.2, -0.15) is 13.2 Å². The molecule has 1 heterocycles. The van der Waals surface area contributed by atoms with Crippen molar-refractivity contribution in [2.45, 2.75) is 51.1 Å². The maximum atomic E-state index is 12.1. The Kier molecular flexibility index (Phi) is 5.25. The smallest absolute Gasteiger partial charge is 0.370 e. The van der Waals surface area contributed by atoms with E-state index in [9.17, 15) is 13.2 Å². The molecule has 118 valence electrons. The molecule has 0 amide bonds. The van der Waals surface area contributed by atoms with Gasteiger partial charge in [0.15, 0.2) is 0 Å². The lowest BCUT2D eigenvalue weighted by molar-refractivity contribution is -0.134. The van der Waals surface area contributed by atoms with Crippen LogP contribution in [0.2, 0.25) is 0 Å². The van der Waals surface area contributed by atoms with Gasteiger partial charge >= 0.3 is 6.18 Å². The van der Waals surface area contributed by atoms with Crippen LogP contribution in [0.5, 0.6) is 0 Å². The molecule has 1 aromatic heterocycles. The molecule has 0 atom stereocenters. The number of alkyl halides is 3. The van der Waals surface area contributed by atoms with E-state index in [1.54, 1.807) is 6.07 Å². The van der Waals surface area contributed by atoms with Crippen LogP contribution >= 0.6 is 0 Å². The van der Waals surface area contributed by atoms with Crippen molar-refractivity contribution >= 4 is 11.6 Å². The van der Waals surface area contributed by atoms with Gasteiger partial charge in [-0.15, -0.1) is 0 Å². The summed E-state index contributed by atoms with van der Waals surface area (Å²) in [5.41, 5.74) is 0. The quantitative estimate of drug-likeness (QED) is 0.714. The van der Waals surface area contributed by atoms with Crippen LogP contribution in [0, 0.1) is 0 Å². The second-order valence-corrected chi connectivity index (χ2v) is 5.34. The summed E-state index contributed by atoms with van der Waals surface area (Å²) in [6.45, 7) is 3.13. The molecule has 0 saturated heterocycles. The Morgan fingerprint density at radius 2 is 1.76 bits per heavy atom. The molecule has 0 aromatic carbocycles. The van der Waals surface area contributed by atoms with Gasteiger partial charge in [0, 0.05) is 31.5 Å². The van der Waals surface area contributed by atoms with Gasteiger partial charge in [0.1, 0.15) is 17.5 Å². The van der Waals surface area contributed by atoms with Gasteiger partial charge in [0.25, 0.3) is 0 Å². The molecular formula is C14H21F3N4. The molecule has 0 radical (unpaired) electrons. The molecule has 1 aromatic rings. The van der Waals surface area contributed by atoms with Crippen LogP contribution in [0.1, 0.15) is 50.8 Å². The van der Waals surface area contributed by atoms with Crippen LogP contribution in [-0.2, 0) is 0 Å². The molecule has 1 aliphatic carbocycles. The normalized spacial score (nSPS) is 15.0. The number of nitrogens with one attached hydrogen (secondary N) is 2. The minimum absolute atomic E-state index is 0.0456. The van der Waals surface area contributed by atoms with Crippen LogP contribution in [0.15, 0.2) is 6.07 Å². The summed E-state index contributed by atoms with van der Waals surface area (Å²) in [5, 5.41) is 6.17. The van der Waals surface area contributed by atoms with E-state index in [1.807, 2.05) is 0 Å². The van der Waals surface area contributed by atoms with Crippen molar-refractivity contribution in [1.82, 2.24) is 9.97 Å². The van der Waals surface area contributed by atoms with Crippen molar-refractivity contribution in [1.29, 1.82) is 0 Å². The Labute approximate surface area is 122 Å². The van der Waals surface area contributed by atoms with Gasteiger partial charge in [0.05, 0.1) is 0 Å². The first-order valence-electron chi connectivity index (χ1n) is 7.41. The monoisotopic (exact) mass is 302 g/mol. The Morgan fingerprint density at radius 3 is 2.29 bits per heavy atom. The highest BCUT2D eigenvalue weighted by Crippen LogP contribution is 2.38. The molecule has 2 N–H and O–H groups in total. The van der Waals surface area contributed by atoms with Gasteiger partial charge in [-0.1, -0.05) is 6.92 Å². The lowest BCUT2D eigenvalue weighted by atomic mass is 10.3. The van der Waals surface area contributed by atoms with Crippen molar-refractivity contribution in [3.05, 3.63) is 11.9 Å². The summed E-state index contributed by atoms with van der Waals surface area (Å²) < 4.78 is 36.3. The number of rotatable bonds is 8. The maximum absolute atomic E-state index is 12.1. The zero-order chi connectivity index (χ0) is 15.3. The van der Waals surface area contributed by atoms with E-state index in [-0.39, 0.29) is 13.0 Å². The average molecular weight is 302 g/mol. The second-order valence-electron chi connectivity index (χ2n) is 5.34. The standard InChI is InChI=1S/C14H21F3N4/c1-2-7-18-11-9-12(19-8-3-6-14(15,16)17)21-13(20-11)10-4-5-10/h9-10H,2-8H2,1H3,(H2,18,19,20,21). The topological polar surface area (TPSA) is 49.8 Å². The van der Waals surface area contributed by atoms with Crippen molar-refractivity contribution in [2.24, 2.45) is 0 Å². The van der Waals surface area contributed by atoms with Crippen LogP contribution < -0.4 is 10.6 Å². The van der Waals surface area contributed by atoms with E-state index in [0.717, 1.165) is 37.4 Å². The zero-order valence-electron chi connectivity index (χ0n) is 12.1. The molecule has 1 fully saturated rings. The van der Waals surface area contributed by atoms with Crippen molar-refractivity contribution in [3.8, 4) is 0 Å². The van der Waals surface area contributed by atoms with Gasteiger partial charge in [-0.25, -0.2) is 9.97 Å². The average Bonchev–Trinajstić information content (AvgIpc) is 3.24. The SMILES string of the molecule is CCCNc1cc(NCCCC(F)(F)F)nc(C2CC2)n1. The number of aromatic nitrogens is 2. The van der Waals surface area contributed by atoms with Crippen molar-refractivity contribution < 1.29 is 13.2 Å². The van der Waals surface area contributed by atoms with Crippen LogP contribution in [0.4, 0.5) is 24.8 Å². The highest BCUT2D eigenvalue weighted by molar-refractivity contribution is 5.48. The Bertz CT molecular complexity index is 458. The molecule has 0 spiro atoms. The van der Waals surface area contributed by atoms with Crippen molar-refractivity contribution in [2.75, 3.05) is 23.7 Å². The predicted octanol–water partition coefficient (Wildman–Crippen LogP) is 3.93. The van der Waals surface area contributed by atoms with Crippen molar-refractivity contribution in [3.63, 3.8) is 0 Å². The van der Waals surface area contributed by atoms with Crippen LogP contribution in [0.3, 0.4) is 0 Å². The minimum atomic E-state index is -4.10. The van der Waals surface area contributed by atoms with Gasteiger partial charge < -0.3 is 10.6 Å². The largest absolute Gasteiger partial charge is 0.389 e. The van der Waals surface area contributed by atoms with Crippen LogP contribution in [0.25, 0.3) is 0 Å². The summed E-state index contributed by atoms with van der Waals surface area (Å²) in [4.78, 5) is 8.85. The number of anilines is 2. The molecule has 2 rings (SSSR count). The molecule has 1 saturated carbocycles. The lowest BCUT2D eigenvalue weighted by Crippen LogP contribution is -2.12. The minimum Gasteiger partial charge on any atom is -0.370 e. The first kappa shape index (κ1) is 15.9. The fourth-order valence-corrected chi connectivity index (χ4v) is 1.93. The van der Waals surface area contributed by atoms with E-state index >= 15 is 0 Å². The first-order chi connectivity index (χ1) is 9.98. The fraction of sp³-hybridized carbons (Fsp3) is 0.714. The molecule has 1 aliphatic rings. The van der Waals surface area contributed by atoms with E-state index in [2.05, 4.69) is 27.5 Å². The molecule has 0 unspecified atom stereocenters. The van der Waals surface area contributed by atoms with E-state index in [4.69, 9.17) is 0 Å². The fourth-order valence-electron chi connectivity index (χ4n) is 1.93. The summed E-state index contributed by atoms with van der Waals surface area (Å²) in [6.07, 6.45) is -1.67. The first-order valence-corrected chi connectivity index (χ1v) is 7.41. The van der Waals surface area contributed by atoms with Crippen LogP contribution in [-0.4, -0.2) is 29.2 Å². The van der Waals surface area contributed by atoms with E-state index in [1.165, 1.54) is 0 Å². The molecular weight excluding hydrogens is 281 g/mol. The van der Waals surface area contributed by atoms with E-state index < -0.39 is 12.6 Å². The number of hydrogen-bond donors (Lipinski definition) is 2. The predicted molar refractivity (Wildman–Crippen MR) is 76.6 cm³/mol. The van der Waals surface area contributed by atoms with Gasteiger partial charge in [-0.05, 0) is 25.7 Å². The number of hydrogen-bond acceptors (Lipinski definition) is 4. The molecule has 0 aliphatic heterocycles. The molecule has 7 heteroatoms. The second kappa shape index (κ2) is 6.95. The molecule has 0 bridgehead atoms. The third kappa shape index (κ3) is 5.77.